The Kier molecular flexibility index (Phi) is 11.5. The highest BCUT2D eigenvalue weighted by Gasteiger charge is 2.37. The molecule has 2 saturated heterocycles. The first kappa shape index (κ1) is 33.6. The van der Waals surface area contributed by atoms with Crippen molar-refractivity contribution in [2.45, 2.75) is 121 Å². The molecule has 2 aromatic rings. The first-order chi connectivity index (χ1) is 20.4. The lowest BCUT2D eigenvalue weighted by Gasteiger charge is -2.37. The van der Waals surface area contributed by atoms with Gasteiger partial charge in [-0.2, -0.15) is 0 Å². The van der Waals surface area contributed by atoms with Gasteiger partial charge in [0.25, 0.3) is 0 Å². The molecule has 0 bridgehead atoms. The predicted octanol–water partition coefficient (Wildman–Crippen LogP) is 3.07. The van der Waals surface area contributed by atoms with Gasteiger partial charge in [-0.1, -0.05) is 43.5 Å². The SMILES string of the molecule is CCCCCc1cc(OC2CC(O)CC(CO)O2)c2c(c1)OC(C)(C)c1ccc(C)cc1-2.OCC1OC(O)CC(O)C1O. The van der Waals surface area contributed by atoms with Gasteiger partial charge in [0.1, 0.15) is 29.3 Å². The van der Waals surface area contributed by atoms with Gasteiger partial charge in [0, 0.05) is 24.8 Å². The second-order valence-corrected chi connectivity index (χ2v) is 12.3. The fourth-order valence-electron chi connectivity index (χ4n) is 5.89. The zero-order chi connectivity index (χ0) is 31.3. The number of hydrogen-bond donors (Lipinski definition) is 6. The molecule has 2 fully saturated rings. The Labute approximate surface area is 253 Å². The molecule has 240 valence electrons. The minimum atomic E-state index is -1.11. The number of fused-ring (bicyclic) bond motifs is 3. The van der Waals surface area contributed by atoms with Crippen molar-refractivity contribution in [3.8, 4) is 22.6 Å². The van der Waals surface area contributed by atoms with Crippen molar-refractivity contribution < 1.29 is 49.6 Å². The molecule has 0 spiro atoms. The van der Waals surface area contributed by atoms with Crippen molar-refractivity contribution in [1.29, 1.82) is 0 Å². The van der Waals surface area contributed by atoms with Gasteiger partial charge in [-0.25, -0.2) is 0 Å². The number of hydrogen-bond acceptors (Lipinski definition) is 10. The third-order valence-corrected chi connectivity index (χ3v) is 8.19. The summed E-state index contributed by atoms with van der Waals surface area (Å²) in [5.41, 5.74) is 5.07. The van der Waals surface area contributed by atoms with E-state index >= 15 is 0 Å². The third-order valence-electron chi connectivity index (χ3n) is 8.19. The van der Waals surface area contributed by atoms with Crippen LogP contribution in [-0.4, -0.2) is 87.0 Å². The highest BCUT2D eigenvalue weighted by molar-refractivity contribution is 5.82. The smallest absolute Gasteiger partial charge is 0.202 e. The zero-order valence-corrected chi connectivity index (χ0v) is 25.6. The summed E-state index contributed by atoms with van der Waals surface area (Å²) in [5, 5.41) is 55.5. The van der Waals surface area contributed by atoms with Crippen molar-refractivity contribution in [3.63, 3.8) is 0 Å². The maximum absolute atomic E-state index is 10.3. The minimum absolute atomic E-state index is 0.0162. The highest BCUT2D eigenvalue weighted by atomic mass is 16.7. The zero-order valence-electron chi connectivity index (χ0n) is 25.6. The van der Waals surface area contributed by atoms with Gasteiger partial charge < -0.3 is 49.6 Å². The average Bonchev–Trinajstić information content (AvgIpc) is 2.94. The number of rotatable bonds is 8. The van der Waals surface area contributed by atoms with Gasteiger partial charge in [0.2, 0.25) is 6.29 Å². The summed E-state index contributed by atoms with van der Waals surface area (Å²) in [5.74, 6) is 1.54. The molecule has 10 nitrogen and oxygen atoms in total. The number of ether oxygens (including phenoxy) is 4. The molecule has 0 saturated carbocycles. The summed E-state index contributed by atoms with van der Waals surface area (Å²) >= 11 is 0. The van der Waals surface area contributed by atoms with Crippen molar-refractivity contribution in [2.75, 3.05) is 13.2 Å². The molecule has 0 radical (unpaired) electrons. The molecule has 7 atom stereocenters. The monoisotopic (exact) mass is 604 g/mol. The quantitative estimate of drug-likeness (QED) is 0.247. The molecule has 3 heterocycles. The Bertz CT molecular complexity index is 1200. The lowest BCUT2D eigenvalue weighted by atomic mass is 9.84. The van der Waals surface area contributed by atoms with E-state index in [1.165, 1.54) is 24.0 Å². The number of benzene rings is 2. The van der Waals surface area contributed by atoms with E-state index in [1.54, 1.807) is 0 Å². The fourth-order valence-corrected chi connectivity index (χ4v) is 5.89. The van der Waals surface area contributed by atoms with Crippen LogP contribution in [0.1, 0.15) is 76.0 Å². The number of aryl methyl sites for hydroxylation is 2. The van der Waals surface area contributed by atoms with Crippen LogP contribution in [0, 0.1) is 6.92 Å². The normalized spacial score (nSPS) is 29.4. The van der Waals surface area contributed by atoms with Crippen LogP contribution in [-0.2, 0) is 21.5 Å². The maximum atomic E-state index is 10.3. The summed E-state index contributed by atoms with van der Waals surface area (Å²) in [4.78, 5) is 0. The number of unbranched alkanes of at least 4 members (excludes halogenated alkanes) is 2. The van der Waals surface area contributed by atoms with E-state index in [0.717, 1.165) is 35.3 Å². The number of aliphatic hydroxyl groups is 6. The van der Waals surface area contributed by atoms with Gasteiger partial charge in [-0.15, -0.1) is 0 Å². The topological polar surface area (TPSA) is 158 Å². The van der Waals surface area contributed by atoms with Crippen molar-refractivity contribution in [3.05, 3.63) is 47.0 Å². The number of aliphatic hydroxyl groups excluding tert-OH is 6. The molecule has 5 rings (SSSR count). The van der Waals surface area contributed by atoms with E-state index in [-0.39, 0.29) is 13.0 Å². The van der Waals surface area contributed by atoms with Gasteiger partial charge in [0.05, 0.1) is 37.1 Å². The van der Waals surface area contributed by atoms with Gasteiger partial charge in [-0.05, 0) is 56.9 Å². The van der Waals surface area contributed by atoms with E-state index in [4.69, 9.17) is 39.4 Å². The van der Waals surface area contributed by atoms with Crippen molar-refractivity contribution >= 4 is 0 Å². The molecule has 3 aliphatic heterocycles. The van der Waals surface area contributed by atoms with Crippen LogP contribution in [0.3, 0.4) is 0 Å². The Balaban J connectivity index is 0.000000324. The Morgan fingerprint density at radius 1 is 0.930 bits per heavy atom. The first-order valence-corrected chi connectivity index (χ1v) is 15.3. The van der Waals surface area contributed by atoms with Crippen LogP contribution >= 0.6 is 0 Å². The molecular weight excluding hydrogens is 556 g/mol. The van der Waals surface area contributed by atoms with Crippen molar-refractivity contribution in [1.82, 2.24) is 0 Å². The second-order valence-electron chi connectivity index (χ2n) is 12.3. The summed E-state index contributed by atoms with van der Waals surface area (Å²) in [7, 11) is 0. The van der Waals surface area contributed by atoms with Crippen LogP contribution in [0.25, 0.3) is 11.1 Å². The van der Waals surface area contributed by atoms with Crippen LogP contribution in [0.4, 0.5) is 0 Å². The molecule has 6 N–H and O–H groups in total. The summed E-state index contributed by atoms with van der Waals surface area (Å²) in [6.07, 6.45) is -0.502. The molecule has 0 aliphatic carbocycles. The third kappa shape index (κ3) is 8.26. The molecule has 2 aromatic carbocycles. The van der Waals surface area contributed by atoms with E-state index in [9.17, 15) is 10.2 Å². The first-order valence-electron chi connectivity index (χ1n) is 15.3. The van der Waals surface area contributed by atoms with E-state index in [2.05, 4.69) is 58.0 Å². The molecule has 43 heavy (non-hydrogen) atoms. The molecule has 0 amide bonds. The Hall–Kier alpha value is -2.28. The lowest BCUT2D eigenvalue weighted by Crippen LogP contribution is -2.49. The van der Waals surface area contributed by atoms with Crippen molar-refractivity contribution in [2.24, 2.45) is 0 Å². The molecule has 0 aromatic heterocycles. The van der Waals surface area contributed by atoms with Crippen LogP contribution in [0.15, 0.2) is 30.3 Å². The molecule has 10 heteroatoms. The maximum Gasteiger partial charge on any atom is 0.202 e. The van der Waals surface area contributed by atoms with E-state index in [0.29, 0.717) is 18.6 Å². The molecule has 3 aliphatic rings. The van der Waals surface area contributed by atoms with E-state index in [1.807, 2.05) is 0 Å². The summed E-state index contributed by atoms with van der Waals surface area (Å²) in [6, 6.07) is 10.7. The standard InChI is InChI=1S/C27H36O5.C6H12O5/c1-5-6-7-8-18-12-23(31-25-15-19(29)14-20(16-28)30-25)26-21-11-17(2)9-10-22(21)27(3,4)32-24(26)13-18;7-2-4-6(10)3(8)1-5(9)11-4/h9-13,19-20,25,28-29H,5-8,14-16H2,1-4H3;3-10H,1-2H2. The Morgan fingerprint density at radius 2 is 1.70 bits per heavy atom. The van der Waals surface area contributed by atoms with Crippen LogP contribution in [0.2, 0.25) is 0 Å². The fraction of sp³-hybridized carbons (Fsp3) is 0.636. The van der Waals surface area contributed by atoms with Crippen LogP contribution in [0.5, 0.6) is 11.5 Å². The lowest BCUT2D eigenvalue weighted by molar-refractivity contribution is -0.239. The van der Waals surface area contributed by atoms with Crippen LogP contribution < -0.4 is 9.47 Å². The summed E-state index contributed by atoms with van der Waals surface area (Å²) in [6.45, 7) is 7.95. The molecule has 7 unspecified atom stereocenters. The summed E-state index contributed by atoms with van der Waals surface area (Å²) < 4.78 is 23.5. The second kappa shape index (κ2) is 14.7. The van der Waals surface area contributed by atoms with Gasteiger partial charge in [-0.3, -0.25) is 0 Å². The largest absolute Gasteiger partial charge is 0.482 e. The predicted molar refractivity (Wildman–Crippen MR) is 160 cm³/mol. The average molecular weight is 605 g/mol. The van der Waals surface area contributed by atoms with Gasteiger partial charge in [0.15, 0.2) is 6.29 Å². The molecular formula is C33H48O10. The highest BCUT2D eigenvalue weighted by Crippen LogP contribution is 2.50. The minimum Gasteiger partial charge on any atom is -0.482 e. The van der Waals surface area contributed by atoms with Gasteiger partial charge >= 0.3 is 0 Å². The Morgan fingerprint density at radius 3 is 2.40 bits per heavy atom. The van der Waals surface area contributed by atoms with E-state index < -0.39 is 55.3 Å².